The van der Waals surface area contributed by atoms with Crippen LogP contribution in [0.4, 0.5) is 0 Å². The summed E-state index contributed by atoms with van der Waals surface area (Å²) in [6.45, 7) is 0.129. The van der Waals surface area contributed by atoms with Gasteiger partial charge in [-0.3, -0.25) is 14.5 Å². The van der Waals surface area contributed by atoms with Gasteiger partial charge in [0.2, 0.25) is 5.91 Å². The molecule has 1 N–H and O–H groups in total. The van der Waals surface area contributed by atoms with Crippen LogP contribution in [0.3, 0.4) is 0 Å². The standard InChI is InChI=1S/C19H22N2O6S3/c1-20(13-6-8-30(25,26)11-13)17(23)5-7-21-18(24)16(29-19(21)28)10-12-3-4-14(22)15(9-12)27-2/h3-4,9-10,13,22H,5-8,11H2,1-2H3/b16-10-/t13-/m1/s1. The van der Waals surface area contributed by atoms with Crippen LogP contribution in [0.2, 0.25) is 0 Å². The molecule has 0 bridgehead atoms. The number of methoxy groups -OCH3 is 1. The molecule has 2 fully saturated rings. The molecule has 2 saturated heterocycles. The summed E-state index contributed by atoms with van der Waals surface area (Å²) in [5.41, 5.74) is 0.670. The Kier molecular flexibility index (Phi) is 6.73. The minimum atomic E-state index is -3.08. The lowest BCUT2D eigenvalue weighted by Gasteiger charge is -2.24. The fourth-order valence-electron chi connectivity index (χ4n) is 3.30. The molecule has 0 aromatic heterocycles. The predicted molar refractivity (Wildman–Crippen MR) is 119 cm³/mol. The fraction of sp³-hybridized carbons (Fsp3) is 0.421. The lowest BCUT2D eigenvalue weighted by Crippen LogP contribution is -2.40. The molecule has 2 aliphatic rings. The highest BCUT2D eigenvalue weighted by atomic mass is 32.2. The van der Waals surface area contributed by atoms with Crippen LogP contribution in [0.1, 0.15) is 18.4 Å². The van der Waals surface area contributed by atoms with Crippen molar-refractivity contribution >= 4 is 56.0 Å². The maximum absolute atomic E-state index is 12.7. The van der Waals surface area contributed by atoms with Crippen LogP contribution < -0.4 is 4.74 Å². The van der Waals surface area contributed by atoms with Crippen LogP contribution in [0.15, 0.2) is 23.1 Å². The fourth-order valence-corrected chi connectivity index (χ4v) is 6.38. The summed E-state index contributed by atoms with van der Waals surface area (Å²) in [6, 6.07) is 4.41. The van der Waals surface area contributed by atoms with Gasteiger partial charge in [0, 0.05) is 26.1 Å². The maximum atomic E-state index is 12.7. The van der Waals surface area contributed by atoms with E-state index in [9.17, 15) is 23.1 Å². The summed E-state index contributed by atoms with van der Waals surface area (Å²) < 4.78 is 28.7. The summed E-state index contributed by atoms with van der Waals surface area (Å²) in [4.78, 5) is 28.5. The molecular weight excluding hydrogens is 448 g/mol. The van der Waals surface area contributed by atoms with E-state index in [2.05, 4.69) is 0 Å². The number of phenols is 1. The Bertz CT molecular complexity index is 1020. The molecule has 8 nitrogen and oxygen atoms in total. The molecule has 2 heterocycles. The van der Waals surface area contributed by atoms with Crippen LogP contribution in [0.25, 0.3) is 6.08 Å². The van der Waals surface area contributed by atoms with Gasteiger partial charge in [-0.05, 0) is 30.2 Å². The number of sulfone groups is 1. The Balaban J connectivity index is 1.63. The number of carbonyl (C=O) groups is 2. The second kappa shape index (κ2) is 8.94. The van der Waals surface area contributed by atoms with E-state index in [1.165, 1.54) is 23.0 Å². The van der Waals surface area contributed by atoms with Crippen LogP contribution >= 0.6 is 24.0 Å². The average molecular weight is 471 g/mol. The van der Waals surface area contributed by atoms with Gasteiger partial charge in [0.25, 0.3) is 5.91 Å². The molecule has 0 saturated carbocycles. The maximum Gasteiger partial charge on any atom is 0.266 e. The summed E-state index contributed by atoms with van der Waals surface area (Å²) in [6.07, 6.45) is 2.14. The summed E-state index contributed by atoms with van der Waals surface area (Å²) in [7, 11) is -0.0503. The Labute approximate surface area is 184 Å². The van der Waals surface area contributed by atoms with Gasteiger partial charge in [-0.15, -0.1) is 0 Å². The van der Waals surface area contributed by atoms with Crippen LogP contribution in [-0.2, 0) is 19.4 Å². The number of nitrogens with zero attached hydrogens (tertiary/aromatic N) is 2. The molecule has 1 aromatic carbocycles. The molecule has 162 valence electrons. The second-order valence-electron chi connectivity index (χ2n) is 7.08. The molecule has 0 radical (unpaired) electrons. The third-order valence-corrected chi connectivity index (χ3v) is 8.20. The van der Waals surface area contributed by atoms with Gasteiger partial charge in [-0.25, -0.2) is 8.42 Å². The van der Waals surface area contributed by atoms with Gasteiger partial charge in [0.15, 0.2) is 21.3 Å². The van der Waals surface area contributed by atoms with E-state index in [1.807, 2.05) is 0 Å². The summed E-state index contributed by atoms with van der Waals surface area (Å²) >= 11 is 6.43. The van der Waals surface area contributed by atoms with Crippen LogP contribution in [0.5, 0.6) is 11.5 Å². The van der Waals surface area contributed by atoms with Crippen LogP contribution in [-0.4, -0.2) is 77.7 Å². The number of thioether (sulfide) groups is 1. The van der Waals surface area contributed by atoms with Crippen molar-refractivity contribution in [3.8, 4) is 11.5 Å². The molecule has 2 amide bonds. The van der Waals surface area contributed by atoms with E-state index in [0.717, 1.165) is 11.8 Å². The predicted octanol–water partition coefficient (Wildman–Crippen LogP) is 1.64. The van der Waals surface area contributed by atoms with Gasteiger partial charge in [0.05, 0.1) is 23.5 Å². The van der Waals surface area contributed by atoms with Gasteiger partial charge in [0.1, 0.15) is 4.32 Å². The first-order valence-electron chi connectivity index (χ1n) is 9.20. The van der Waals surface area contributed by atoms with Crippen molar-refractivity contribution < 1.29 is 27.9 Å². The molecule has 30 heavy (non-hydrogen) atoms. The van der Waals surface area contributed by atoms with E-state index in [4.69, 9.17) is 17.0 Å². The topological polar surface area (TPSA) is 104 Å². The van der Waals surface area contributed by atoms with E-state index in [0.29, 0.717) is 27.0 Å². The molecule has 11 heteroatoms. The van der Waals surface area contributed by atoms with Crippen molar-refractivity contribution in [1.29, 1.82) is 0 Å². The number of phenolic OH excluding ortho intramolecular Hbond substituents is 1. The highest BCUT2D eigenvalue weighted by Crippen LogP contribution is 2.34. The first-order valence-corrected chi connectivity index (χ1v) is 12.2. The normalized spacial score (nSPS) is 22.0. The van der Waals surface area contributed by atoms with E-state index >= 15 is 0 Å². The number of ether oxygens (including phenoxy) is 1. The summed E-state index contributed by atoms with van der Waals surface area (Å²) in [5, 5.41) is 9.69. The number of benzene rings is 1. The van der Waals surface area contributed by atoms with Gasteiger partial charge >= 0.3 is 0 Å². The highest BCUT2D eigenvalue weighted by molar-refractivity contribution is 8.26. The smallest absolute Gasteiger partial charge is 0.266 e. The number of rotatable bonds is 6. The zero-order chi connectivity index (χ0) is 22.1. The van der Waals surface area contributed by atoms with Crippen molar-refractivity contribution in [3.63, 3.8) is 0 Å². The van der Waals surface area contributed by atoms with Gasteiger partial charge in [-0.1, -0.05) is 30.0 Å². The molecular formula is C19H22N2O6S3. The molecule has 0 spiro atoms. The summed E-state index contributed by atoms with van der Waals surface area (Å²) in [5.74, 6) is -0.151. The molecule has 3 rings (SSSR count). The van der Waals surface area contributed by atoms with E-state index < -0.39 is 9.84 Å². The van der Waals surface area contributed by atoms with E-state index in [1.54, 1.807) is 25.3 Å². The first-order chi connectivity index (χ1) is 14.1. The minimum absolute atomic E-state index is 0.0000983. The quantitative estimate of drug-likeness (QED) is 0.494. The van der Waals surface area contributed by atoms with Gasteiger partial charge in [-0.2, -0.15) is 0 Å². The minimum Gasteiger partial charge on any atom is -0.504 e. The zero-order valence-corrected chi connectivity index (χ0v) is 19.0. The third kappa shape index (κ3) is 4.96. The largest absolute Gasteiger partial charge is 0.504 e. The SMILES string of the molecule is COc1cc(/C=C2\SC(=S)N(CCC(=O)N(C)[C@@H]3CCS(=O)(=O)C3)C2=O)ccc1O. The molecule has 1 atom stereocenters. The molecule has 1 aromatic rings. The van der Waals surface area contributed by atoms with Crippen molar-refractivity contribution in [1.82, 2.24) is 9.80 Å². The lowest BCUT2D eigenvalue weighted by molar-refractivity contribution is -0.132. The van der Waals surface area contributed by atoms with Crippen molar-refractivity contribution in [2.45, 2.75) is 18.9 Å². The number of hydrogen-bond donors (Lipinski definition) is 1. The molecule has 0 aliphatic carbocycles. The Morgan fingerprint density at radius 3 is 2.83 bits per heavy atom. The second-order valence-corrected chi connectivity index (χ2v) is 11.0. The zero-order valence-electron chi connectivity index (χ0n) is 16.5. The molecule has 2 aliphatic heterocycles. The van der Waals surface area contributed by atoms with E-state index in [-0.39, 0.29) is 48.1 Å². The highest BCUT2D eigenvalue weighted by Gasteiger charge is 2.35. The monoisotopic (exact) mass is 470 g/mol. The van der Waals surface area contributed by atoms with Crippen LogP contribution in [0, 0.1) is 0 Å². The average Bonchev–Trinajstić information content (AvgIpc) is 3.19. The third-order valence-electron chi connectivity index (χ3n) is 5.07. The Morgan fingerprint density at radius 2 is 2.20 bits per heavy atom. The Morgan fingerprint density at radius 1 is 1.47 bits per heavy atom. The lowest BCUT2D eigenvalue weighted by atomic mass is 10.2. The number of hydrogen-bond acceptors (Lipinski definition) is 8. The number of carbonyl (C=O) groups excluding carboxylic acids is 2. The number of aromatic hydroxyl groups is 1. The number of amides is 2. The Hall–Kier alpha value is -2.11. The van der Waals surface area contributed by atoms with Crippen molar-refractivity contribution in [2.24, 2.45) is 0 Å². The molecule has 0 unspecified atom stereocenters. The number of thiocarbonyl (C=S) groups is 1. The van der Waals surface area contributed by atoms with Gasteiger partial charge < -0.3 is 14.7 Å². The van der Waals surface area contributed by atoms with Crippen molar-refractivity contribution in [2.75, 3.05) is 32.2 Å². The van der Waals surface area contributed by atoms with Crippen molar-refractivity contribution in [3.05, 3.63) is 28.7 Å². The first kappa shape index (κ1) is 22.6.